The fourth-order valence-electron chi connectivity index (χ4n) is 5.45. The summed E-state index contributed by atoms with van der Waals surface area (Å²) in [5.74, 6) is 7.08. The number of halogens is 1. The highest BCUT2D eigenvalue weighted by Crippen LogP contribution is 2.36. The van der Waals surface area contributed by atoms with E-state index in [1.807, 2.05) is 65.8 Å². The van der Waals surface area contributed by atoms with Gasteiger partial charge in [0.1, 0.15) is 5.54 Å². The minimum absolute atomic E-state index is 0.0372. The Bertz CT molecular complexity index is 1600. The molecule has 9 nitrogen and oxygen atoms in total. The summed E-state index contributed by atoms with van der Waals surface area (Å²) in [4.78, 5) is 34.1. The fraction of sp³-hybridized carbons (Fsp3) is 0.344. The van der Waals surface area contributed by atoms with Crippen LogP contribution in [0.2, 0.25) is 5.02 Å². The van der Waals surface area contributed by atoms with Crippen LogP contribution in [-0.4, -0.2) is 77.7 Å². The van der Waals surface area contributed by atoms with Gasteiger partial charge in [0, 0.05) is 50.1 Å². The number of carbonyl (C=O) groups is 2. The van der Waals surface area contributed by atoms with Gasteiger partial charge in [-0.2, -0.15) is 0 Å². The molecule has 2 N–H and O–H groups in total. The van der Waals surface area contributed by atoms with E-state index in [-0.39, 0.29) is 11.8 Å². The number of methoxy groups -OCH3 is 1. The minimum atomic E-state index is -0.611. The summed E-state index contributed by atoms with van der Waals surface area (Å²) in [5, 5.41) is 3.40. The summed E-state index contributed by atoms with van der Waals surface area (Å²) in [6.07, 6.45) is 9.25. The molecule has 2 aliphatic rings. The van der Waals surface area contributed by atoms with E-state index in [0.29, 0.717) is 53.6 Å². The number of likely N-dealkylation sites (N-methyl/N-ethyl adjacent to an activating group) is 1. The van der Waals surface area contributed by atoms with Gasteiger partial charge in [0.15, 0.2) is 5.75 Å². The first-order chi connectivity index (χ1) is 20.2. The summed E-state index contributed by atoms with van der Waals surface area (Å²) >= 11 is 6.41. The molecule has 5 rings (SSSR count). The Hall–Kier alpha value is -4.26. The Balaban J connectivity index is 1.55. The van der Waals surface area contributed by atoms with E-state index in [9.17, 15) is 9.59 Å². The normalized spacial score (nSPS) is 18.0. The first kappa shape index (κ1) is 29.2. The van der Waals surface area contributed by atoms with E-state index in [2.05, 4.69) is 27.6 Å². The van der Waals surface area contributed by atoms with Gasteiger partial charge < -0.3 is 19.9 Å². The van der Waals surface area contributed by atoms with Crippen LogP contribution in [0.25, 0.3) is 11.3 Å². The summed E-state index contributed by atoms with van der Waals surface area (Å²) < 4.78 is 7.48. The molecular weight excluding hydrogens is 552 g/mol. The molecule has 10 heteroatoms. The van der Waals surface area contributed by atoms with Crippen molar-refractivity contribution in [3.05, 3.63) is 76.7 Å². The maximum Gasteiger partial charge on any atom is 0.253 e. The Labute approximate surface area is 251 Å². The zero-order valence-corrected chi connectivity index (χ0v) is 25.1. The molecule has 0 radical (unpaired) electrons. The molecule has 218 valence electrons. The Kier molecular flexibility index (Phi) is 8.57. The van der Waals surface area contributed by atoms with Crippen LogP contribution in [0, 0.1) is 11.8 Å². The number of benzene rings is 1. The van der Waals surface area contributed by atoms with Crippen LogP contribution in [0.1, 0.15) is 41.4 Å². The monoisotopic (exact) mass is 586 g/mol. The van der Waals surface area contributed by atoms with Gasteiger partial charge in [-0.25, -0.2) is 0 Å². The SMILES string of the molecule is COc1c(Cl)cccc1Nn1c(-c2ccncc2C#C[C@@]2(C)CCCN2C(=O)/C=C/CN(C)C)cc2c1CCNC2=O. The summed E-state index contributed by atoms with van der Waals surface area (Å²) in [7, 11) is 5.50. The molecule has 0 aliphatic carbocycles. The molecule has 0 bridgehead atoms. The van der Waals surface area contributed by atoms with Crippen molar-refractivity contribution in [3.63, 3.8) is 0 Å². The second-order valence-corrected chi connectivity index (χ2v) is 11.3. The third-order valence-electron chi connectivity index (χ3n) is 7.60. The molecule has 2 amide bonds. The summed E-state index contributed by atoms with van der Waals surface area (Å²) in [6.45, 7) is 3.89. The summed E-state index contributed by atoms with van der Waals surface area (Å²) in [6, 6.07) is 9.23. The van der Waals surface area contributed by atoms with E-state index < -0.39 is 5.54 Å². The number of fused-ring (bicyclic) bond motifs is 1. The molecule has 42 heavy (non-hydrogen) atoms. The highest BCUT2D eigenvalue weighted by Gasteiger charge is 2.37. The van der Waals surface area contributed by atoms with Crippen molar-refractivity contribution >= 4 is 29.1 Å². The number of para-hydroxylation sites is 1. The van der Waals surface area contributed by atoms with Crippen molar-refractivity contribution in [2.75, 3.05) is 46.3 Å². The largest absolute Gasteiger partial charge is 0.493 e. The third kappa shape index (κ3) is 5.87. The van der Waals surface area contributed by atoms with Gasteiger partial charge in [-0.3, -0.25) is 24.7 Å². The Morgan fingerprint density at radius 3 is 2.93 bits per heavy atom. The number of pyridine rings is 1. The highest BCUT2D eigenvalue weighted by molar-refractivity contribution is 6.32. The molecule has 0 unspecified atom stereocenters. The lowest BCUT2D eigenvalue weighted by Gasteiger charge is -2.29. The first-order valence-electron chi connectivity index (χ1n) is 13.9. The van der Waals surface area contributed by atoms with Crippen LogP contribution in [-0.2, 0) is 11.2 Å². The number of aromatic nitrogens is 2. The van der Waals surface area contributed by atoms with Crippen LogP contribution in [0.3, 0.4) is 0 Å². The van der Waals surface area contributed by atoms with Gasteiger partial charge in [0.25, 0.3) is 5.91 Å². The number of hydrogen-bond donors (Lipinski definition) is 2. The topological polar surface area (TPSA) is 91.7 Å². The number of anilines is 1. The zero-order chi connectivity index (χ0) is 29.9. The molecule has 0 saturated carbocycles. The number of likely N-dealkylation sites (tertiary alicyclic amines) is 1. The van der Waals surface area contributed by atoms with Gasteiger partial charge in [-0.1, -0.05) is 35.6 Å². The lowest BCUT2D eigenvalue weighted by atomic mass is 9.98. The van der Waals surface area contributed by atoms with Crippen molar-refractivity contribution in [2.24, 2.45) is 0 Å². The van der Waals surface area contributed by atoms with Crippen molar-refractivity contribution in [1.29, 1.82) is 0 Å². The number of rotatable bonds is 7. The highest BCUT2D eigenvalue weighted by atomic mass is 35.5. The van der Waals surface area contributed by atoms with Gasteiger partial charge in [-0.05, 0) is 58.1 Å². The standard InChI is InChI=1S/C32H35ClN6O3/c1-32(14-7-19-38(32)29(40)10-6-18-37(2)3)15-11-22-21-34-16-12-23(22)28-20-24-27(13-17-35-31(24)41)39(28)36-26-9-5-8-25(33)30(26)42-4/h5-6,8-10,12,16,20-21,36H,7,13-14,17-19H2,1-4H3,(H,35,41)/b10-6+/t32-/m1/s1. The van der Waals surface area contributed by atoms with Gasteiger partial charge in [-0.15, -0.1) is 0 Å². The van der Waals surface area contributed by atoms with E-state index >= 15 is 0 Å². The third-order valence-corrected chi connectivity index (χ3v) is 7.90. The van der Waals surface area contributed by atoms with Gasteiger partial charge >= 0.3 is 0 Å². The van der Waals surface area contributed by atoms with E-state index in [0.717, 1.165) is 29.8 Å². The molecular formula is C32H35ClN6O3. The van der Waals surface area contributed by atoms with E-state index in [4.69, 9.17) is 16.3 Å². The number of nitrogens with one attached hydrogen (secondary N) is 2. The van der Waals surface area contributed by atoms with E-state index in [1.54, 1.807) is 31.6 Å². The average Bonchev–Trinajstić information content (AvgIpc) is 3.54. The fourth-order valence-corrected chi connectivity index (χ4v) is 5.71. The van der Waals surface area contributed by atoms with Crippen LogP contribution in [0.5, 0.6) is 5.75 Å². The van der Waals surface area contributed by atoms with Crippen LogP contribution >= 0.6 is 11.6 Å². The first-order valence-corrected chi connectivity index (χ1v) is 14.3. The molecule has 1 fully saturated rings. The lowest BCUT2D eigenvalue weighted by molar-refractivity contribution is -0.128. The van der Waals surface area contributed by atoms with Crippen LogP contribution in [0.15, 0.2) is 54.9 Å². The van der Waals surface area contributed by atoms with Crippen molar-refractivity contribution in [1.82, 2.24) is 24.8 Å². The van der Waals surface area contributed by atoms with Crippen LogP contribution < -0.4 is 15.5 Å². The second-order valence-electron chi connectivity index (χ2n) is 10.9. The predicted molar refractivity (Wildman–Crippen MR) is 165 cm³/mol. The lowest BCUT2D eigenvalue weighted by Crippen LogP contribution is -2.43. The van der Waals surface area contributed by atoms with Crippen molar-refractivity contribution in [2.45, 2.75) is 31.7 Å². The number of amides is 2. The molecule has 2 aliphatic heterocycles. The Morgan fingerprint density at radius 1 is 1.31 bits per heavy atom. The number of nitrogens with zero attached hydrogens (tertiary/aromatic N) is 4. The second kappa shape index (κ2) is 12.3. The predicted octanol–water partition coefficient (Wildman–Crippen LogP) is 4.22. The molecule has 3 aromatic rings. The Morgan fingerprint density at radius 2 is 2.14 bits per heavy atom. The number of hydrogen-bond acceptors (Lipinski definition) is 6. The molecule has 4 heterocycles. The molecule has 0 spiro atoms. The van der Waals surface area contributed by atoms with Crippen molar-refractivity contribution in [3.8, 4) is 28.8 Å². The molecule has 1 saturated heterocycles. The van der Waals surface area contributed by atoms with Gasteiger partial charge in [0.2, 0.25) is 5.91 Å². The quantitative estimate of drug-likeness (QED) is 0.318. The summed E-state index contributed by atoms with van der Waals surface area (Å²) in [5.41, 5.74) is 7.16. The molecule has 1 atom stereocenters. The molecule has 1 aromatic carbocycles. The maximum absolute atomic E-state index is 13.1. The van der Waals surface area contributed by atoms with Crippen molar-refractivity contribution < 1.29 is 14.3 Å². The average molecular weight is 587 g/mol. The van der Waals surface area contributed by atoms with E-state index in [1.165, 1.54) is 0 Å². The van der Waals surface area contributed by atoms with Gasteiger partial charge in [0.05, 0.1) is 40.3 Å². The number of carbonyl (C=O) groups excluding carboxylic acids is 2. The molecule has 2 aromatic heterocycles. The zero-order valence-electron chi connectivity index (χ0n) is 24.3. The number of ether oxygens (including phenoxy) is 1. The smallest absolute Gasteiger partial charge is 0.253 e. The maximum atomic E-state index is 13.1. The van der Waals surface area contributed by atoms with Crippen LogP contribution in [0.4, 0.5) is 5.69 Å². The minimum Gasteiger partial charge on any atom is -0.493 e.